The summed E-state index contributed by atoms with van der Waals surface area (Å²) in [7, 11) is 0. The van der Waals surface area contributed by atoms with E-state index in [0.717, 1.165) is 18.5 Å². The van der Waals surface area contributed by atoms with E-state index >= 15 is 0 Å². The van der Waals surface area contributed by atoms with Crippen molar-refractivity contribution in [2.24, 2.45) is 0 Å². The summed E-state index contributed by atoms with van der Waals surface area (Å²) in [5.74, 6) is -0.216. The fourth-order valence-corrected chi connectivity index (χ4v) is 2.20. The van der Waals surface area contributed by atoms with Crippen LogP contribution in [-0.2, 0) is 16.0 Å². The van der Waals surface area contributed by atoms with Crippen molar-refractivity contribution in [1.82, 2.24) is 10.3 Å². The molecule has 0 amide bonds. The number of rotatable bonds is 3. The van der Waals surface area contributed by atoms with Gasteiger partial charge in [-0.05, 0) is 45.2 Å². The van der Waals surface area contributed by atoms with Gasteiger partial charge in [0.25, 0.3) is 0 Å². The number of carbonyl (C=O) groups is 1. The third kappa shape index (κ3) is 3.29. The molecule has 1 N–H and O–H groups in total. The Bertz CT molecular complexity index is 438. The zero-order valence-corrected chi connectivity index (χ0v) is 11.2. The van der Waals surface area contributed by atoms with E-state index in [4.69, 9.17) is 4.74 Å². The molecule has 1 aromatic heterocycles. The molecular formula is C14H20N2O2. The number of nitrogens with zero attached hydrogens (tertiary/aromatic N) is 1. The third-order valence-corrected chi connectivity index (χ3v) is 2.87. The molecule has 4 heteroatoms. The maximum absolute atomic E-state index is 11.6. The van der Waals surface area contributed by atoms with Crippen molar-refractivity contribution in [1.29, 1.82) is 0 Å². The second-order valence-corrected chi connectivity index (χ2v) is 5.61. The number of nitrogens with one attached hydrogen (secondary N) is 1. The molecule has 1 aliphatic carbocycles. The third-order valence-electron chi connectivity index (χ3n) is 2.87. The normalized spacial score (nSPS) is 18.5. The molecular weight excluding hydrogens is 228 g/mol. The number of aryl methyl sites for hydroxylation is 1. The first-order valence-corrected chi connectivity index (χ1v) is 6.35. The lowest BCUT2D eigenvalue weighted by atomic mass is 10.2. The zero-order chi connectivity index (χ0) is 13.2. The molecule has 0 bridgehead atoms. The van der Waals surface area contributed by atoms with Gasteiger partial charge in [-0.3, -0.25) is 15.1 Å². The predicted octanol–water partition coefficient (Wildman–Crippen LogP) is 2.00. The molecule has 0 aliphatic heterocycles. The summed E-state index contributed by atoms with van der Waals surface area (Å²) in [6.45, 7) is 5.85. The van der Waals surface area contributed by atoms with Crippen LogP contribution >= 0.6 is 0 Å². The van der Waals surface area contributed by atoms with Crippen molar-refractivity contribution in [3.05, 3.63) is 29.6 Å². The Labute approximate surface area is 108 Å². The van der Waals surface area contributed by atoms with Gasteiger partial charge in [-0.2, -0.15) is 0 Å². The van der Waals surface area contributed by atoms with Crippen LogP contribution < -0.4 is 5.32 Å². The first kappa shape index (κ1) is 13.0. The Hall–Kier alpha value is -1.42. The lowest BCUT2D eigenvalue weighted by molar-refractivity contribution is -0.153. The van der Waals surface area contributed by atoms with Gasteiger partial charge < -0.3 is 4.74 Å². The molecule has 0 saturated carbocycles. The summed E-state index contributed by atoms with van der Waals surface area (Å²) in [5, 5.41) is 3.22. The highest BCUT2D eigenvalue weighted by Gasteiger charge is 2.24. The van der Waals surface area contributed by atoms with Crippen molar-refractivity contribution in [2.75, 3.05) is 6.54 Å². The molecule has 1 atom stereocenters. The number of carbonyl (C=O) groups excluding carboxylic acids is 1. The van der Waals surface area contributed by atoms with Crippen LogP contribution in [0.25, 0.3) is 0 Å². The maximum Gasteiger partial charge on any atom is 0.320 e. The highest BCUT2D eigenvalue weighted by atomic mass is 16.6. The van der Waals surface area contributed by atoms with Gasteiger partial charge in [0.05, 0.1) is 18.3 Å². The van der Waals surface area contributed by atoms with Gasteiger partial charge in [0.15, 0.2) is 0 Å². The second-order valence-electron chi connectivity index (χ2n) is 5.61. The van der Waals surface area contributed by atoms with Crippen LogP contribution in [0.5, 0.6) is 0 Å². The lowest BCUT2D eigenvalue weighted by Gasteiger charge is -2.20. The van der Waals surface area contributed by atoms with Gasteiger partial charge >= 0.3 is 5.97 Å². The highest BCUT2D eigenvalue weighted by Crippen LogP contribution is 2.28. The summed E-state index contributed by atoms with van der Waals surface area (Å²) in [5.41, 5.74) is 1.92. The van der Waals surface area contributed by atoms with Crippen LogP contribution in [0.15, 0.2) is 18.3 Å². The zero-order valence-electron chi connectivity index (χ0n) is 11.2. The number of esters is 1. The summed E-state index contributed by atoms with van der Waals surface area (Å²) < 4.78 is 5.26. The average molecular weight is 248 g/mol. The molecule has 4 nitrogen and oxygen atoms in total. The Morgan fingerprint density at radius 1 is 1.56 bits per heavy atom. The van der Waals surface area contributed by atoms with Crippen molar-refractivity contribution in [3.8, 4) is 0 Å². The lowest BCUT2D eigenvalue weighted by Crippen LogP contribution is -2.33. The SMILES string of the molecule is CC(C)(C)OC(=O)CNC1CCc2cccnc21. The Morgan fingerprint density at radius 2 is 2.33 bits per heavy atom. The van der Waals surface area contributed by atoms with Crippen molar-refractivity contribution < 1.29 is 9.53 Å². The number of aromatic nitrogens is 1. The number of hydrogen-bond donors (Lipinski definition) is 1. The first-order valence-electron chi connectivity index (χ1n) is 6.35. The summed E-state index contributed by atoms with van der Waals surface area (Å²) in [6.07, 6.45) is 3.82. The van der Waals surface area contributed by atoms with Crippen LogP contribution in [0.3, 0.4) is 0 Å². The molecule has 98 valence electrons. The van der Waals surface area contributed by atoms with Crippen LogP contribution in [-0.4, -0.2) is 23.1 Å². The Kier molecular flexibility index (Phi) is 3.66. The number of ether oxygens (including phenoxy) is 1. The molecule has 0 saturated heterocycles. The molecule has 1 aromatic rings. The minimum Gasteiger partial charge on any atom is -0.459 e. The second kappa shape index (κ2) is 5.06. The largest absolute Gasteiger partial charge is 0.459 e. The van der Waals surface area contributed by atoms with Gasteiger partial charge in [-0.1, -0.05) is 6.07 Å². The van der Waals surface area contributed by atoms with E-state index < -0.39 is 5.60 Å². The predicted molar refractivity (Wildman–Crippen MR) is 69.1 cm³/mol. The van der Waals surface area contributed by atoms with Crippen LogP contribution in [0.4, 0.5) is 0 Å². The van der Waals surface area contributed by atoms with E-state index in [1.165, 1.54) is 5.56 Å². The fourth-order valence-electron chi connectivity index (χ4n) is 2.20. The van der Waals surface area contributed by atoms with Gasteiger partial charge in [0.1, 0.15) is 5.60 Å². The first-order chi connectivity index (χ1) is 8.46. The quantitative estimate of drug-likeness (QED) is 0.831. The topological polar surface area (TPSA) is 51.2 Å². The minimum atomic E-state index is -0.426. The molecule has 1 unspecified atom stereocenters. The van der Waals surface area contributed by atoms with Gasteiger partial charge in [0.2, 0.25) is 0 Å². The summed E-state index contributed by atoms with van der Waals surface area (Å²) in [6, 6.07) is 4.22. The van der Waals surface area contributed by atoms with E-state index in [9.17, 15) is 4.79 Å². The van der Waals surface area contributed by atoms with Crippen molar-refractivity contribution >= 4 is 5.97 Å². The van der Waals surface area contributed by atoms with Crippen LogP contribution in [0.2, 0.25) is 0 Å². The molecule has 2 rings (SSSR count). The minimum absolute atomic E-state index is 0.175. The van der Waals surface area contributed by atoms with E-state index in [1.807, 2.05) is 26.8 Å². The summed E-state index contributed by atoms with van der Waals surface area (Å²) in [4.78, 5) is 16.0. The van der Waals surface area contributed by atoms with E-state index in [0.29, 0.717) is 0 Å². The average Bonchev–Trinajstić information content (AvgIpc) is 2.67. The van der Waals surface area contributed by atoms with Gasteiger partial charge in [0, 0.05) is 6.20 Å². The molecule has 18 heavy (non-hydrogen) atoms. The number of hydrogen-bond acceptors (Lipinski definition) is 4. The molecule has 1 heterocycles. The maximum atomic E-state index is 11.6. The Balaban J connectivity index is 1.87. The molecule has 0 spiro atoms. The van der Waals surface area contributed by atoms with E-state index in [2.05, 4.69) is 16.4 Å². The van der Waals surface area contributed by atoms with Crippen molar-refractivity contribution in [3.63, 3.8) is 0 Å². The van der Waals surface area contributed by atoms with E-state index in [1.54, 1.807) is 6.20 Å². The van der Waals surface area contributed by atoms with Gasteiger partial charge in [-0.15, -0.1) is 0 Å². The molecule has 0 radical (unpaired) electrons. The monoisotopic (exact) mass is 248 g/mol. The molecule has 0 aromatic carbocycles. The highest BCUT2D eigenvalue weighted by molar-refractivity contribution is 5.72. The fraction of sp³-hybridized carbons (Fsp3) is 0.571. The molecule has 0 fully saturated rings. The smallest absolute Gasteiger partial charge is 0.320 e. The number of fused-ring (bicyclic) bond motifs is 1. The van der Waals surface area contributed by atoms with Crippen LogP contribution in [0.1, 0.15) is 44.5 Å². The number of pyridine rings is 1. The Morgan fingerprint density at radius 3 is 3.06 bits per heavy atom. The summed E-state index contributed by atoms with van der Waals surface area (Å²) >= 11 is 0. The molecule has 1 aliphatic rings. The van der Waals surface area contributed by atoms with E-state index in [-0.39, 0.29) is 18.6 Å². The standard InChI is InChI=1S/C14H20N2O2/c1-14(2,3)18-12(17)9-16-11-7-6-10-5-4-8-15-13(10)11/h4-5,8,11,16H,6-7,9H2,1-3H3. The van der Waals surface area contributed by atoms with Crippen molar-refractivity contribution in [2.45, 2.75) is 45.3 Å². The van der Waals surface area contributed by atoms with Crippen LogP contribution in [0, 0.1) is 0 Å². The van der Waals surface area contributed by atoms with Gasteiger partial charge in [-0.25, -0.2) is 0 Å².